The molecule has 5 nitrogen and oxygen atoms in total. The molecule has 0 spiro atoms. The van der Waals surface area contributed by atoms with Crippen molar-refractivity contribution in [3.63, 3.8) is 0 Å². The number of aromatic hydroxyl groups is 1. The van der Waals surface area contributed by atoms with Gasteiger partial charge in [0.25, 0.3) is 0 Å². The van der Waals surface area contributed by atoms with Gasteiger partial charge in [-0.25, -0.2) is 0 Å². The predicted molar refractivity (Wildman–Crippen MR) is 49.6 cm³/mol. The van der Waals surface area contributed by atoms with Gasteiger partial charge in [0.15, 0.2) is 5.75 Å². The Balaban J connectivity index is 2.25. The average molecular weight is 192 g/mol. The molecule has 1 aromatic heterocycles. The van der Waals surface area contributed by atoms with Crippen LogP contribution in [0.5, 0.6) is 5.75 Å². The van der Waals surface area contributed by atoms with Crippen LogP contribution < -0.4 is 0 Å². The van der Waals surface area contributed by atoms with Crippen LogP contribution in [0, 0.1) is 11.3 Å². The second-order valence-electron chi connectivity index (χ2n) is 3.87. The molecule has 1 aliphatic heterocycles. The van der Waals surface area contributed by atoms with E-state index in [0.717, 1.165) is 13.1 Å². The van der Waals surface area contributed by atoms with E-state index in [1.807, 2.05) is 7.05 Å². The molecule has 1 fully saturated rings. The van der Waals surface area contributed by atoms with Gasteiger partial charge in [-0.3, -0.25) is 4.68 Å². The molecule has 1 aromatic rings. The highest BCUT2D eigenvalue weighted by Crippen LogP contribution is 2.31. The van der Waals surface area contributed by atoms with Crippen LogP contribution in [0.3, 0.4) is 0 Å². The van der Waals surface area contributed by atoms with Crippen molar-refractivity contribution >= 4 is 0 Å². The van der Waals surface area contributed by atoms with Gasteiger partial charge in [-0.05, 0) is 7.05 Å². The number of likely N-dealkylation sites (tertiary alicyclic amines) is 1. The molecule has 0 unspecified atom stereocenters. The normalized spacial score (nSPS) is 20.0. The molecule has 0 bridgehead atoms. The molecule has 14 heavy (non-hydrogen) atoms. The van der Waals surface area contributed by atoms with Gasteiger partial charge in [-0.15, -0.1) is 0 Å². The third-order valence-corrected chi connectivity index (χ3v) is 2.59. The number of hydrogen-bond acceptors (Lipinski definition) is 4. The zero-order valence-corrected chi connectivity index (χ0v) is 8.01. The van der Waals surface area contributed by atoms with Crippen LogP contribution in [0.1, 0.15) is 6.42 Å². The first-order chi connectivity index (χ1) is 6.66. The minimum atomic E-state index is -0.232. The van der Waals surface area contributed by atoms with Crippen LogP contribution >= 0.6 is 0 Å². The van der Waals surface area contributed by atoms with Crippen molar-refractivity contribution in [1.82, 2.24) is 14.7 Å². The fourth-order valence-corrected chi connectivity index (χ4v) is 2.02. The summed E-state index contributed by atoms with van der Waals surface area (Å²) in [5, 5.41) is 22.0. The van der Waals surface area contributed by atoms with Crippen molar-refractivity contribution in [1.29, 1.82) is 5.26 Å². The van der Waals surface area contributed by atoms with Gasteiger partial charge in [-0.2, -0.15) is 10.4 Å². The Morgan fingerprint density at radius 1 is 1.71 bits per heavy atom. The molecule has 1 saturated heterocycles. The first kappa shape index (κ1) is 9.03. The van der Waals surface area contributed by atoms with Crippen molar-refractivity contribution in [2.45, 2.75) is 12.0 Å². The first-order valence-corrected chi connectivity index (χ1v) is 4.46. The summed E-state index contributed by atoms with van der Waals surface area (Å²) in [6.45, 7) is 1.61. The zero-order chi connectivity index (χ0) is 10.2. The highest BCUT2D eigenvalue weighted by atomic mass is 16.3. The van der Waals surface area contributed by atoms with E-state index in [0.29, 0.717) is 6.42 Å². The lowest BCUT2D eigenvalue weighted by Crippen LogP contribution is -2.61. The Labute approximate surface area is 82.2 Å². The zero-order valence-electron chi connectivity index (χ0n) is 8.01. The molecule has 2 heterocycles. The second-order valence-corrected chi connectivity index (χ2v) is 3.87. The third kappa shape index (κ3) is 1.24. The van der Waals surface area contributed by atoms with Crippen LogP contribution in [0.2, 0.25) is 0 Å². The second kappa shape index (κ2) is 3.00. The highest BCUT2D eigenvalue weighted by molar-refractivity contribution is 5.14. The lowest BCUT2D eigenvalue weighted by atomic mass is 9.87. The van der Waals surface area contributed by atoms with Gasteiger partial charge < -0.3 is 10.0 Å². The van der Waals surface area contributed by atoms with Crippen LogP contribution in [-0.4, -0.2) is 39.9 Å². The Kier molecular flexibility index (Phi) is 1.93. The monoisotopic (exact) mass is 192 g/mol. The highest BCUT2D eigenvalue weighted by Gasteiger charge is 2.43. The van der Waals surface area contributed by atoms with Gasteiger partial charge in [0.1, 0.15) is 5.54 Å². The molecule has 1 N–H and O–H groups in total. The fourth-order valence-electron chi connectivity index (χ4n) is 2.02. The maximum absolute atomic E-state index is 9.19. The quantitative estimate of drug-likeness (QED) is 0.724. The summed E-state index contributed by atoms with van der Waals surface area (Å²) in [6.07, 6.45) is 3.40. The number of likely N-dealkylation sites (N-methyl/N-ethyl adjacent to an activating group) is 1. The molecule has 0 aromatic carbocycles. The van der Waals surface area contributed by atoms with Gasteiger partial charge in [0.05, 0.1) is 24.9 Å². The maximum Gasteiger partial charge on any atom is 0.153 e. The van der Waals surface area contributed by atoms with Gasteiger partial charge >= 0.3 is 0 Å². The molecule has 5 heteroatoms. The molecule has 74 valence electrons. The fraction of sp³-hybridized carbons (Fsp3) is 0.556. The number of rotatable bonds is 2. The van der Waals surface area contributed by atoms with Crippen LogP contribution in [-0.2, 0) is 5.54 Å². The first-order valence-electron chi connectivity index (χ1n) is 4.46. The maximum atomic E-state index is 9.19. The molecule has 1 aliphatic rings. The molecule has 0 atom stereocenters. The smallest absolute Gasteiger partial charge is 0.153 e. The Hall–Kier alpha value is -1.54. The molecular weight excluding hydrogens is 180 g/mol. The standard InChI is InChI=1S/C9H12N4O/c1-12-6-9(7-12,2-3-10)13-5-8(14)4-11-13/h4-5,14H,2,6-7H2,1H3. The molecular formula is C9H12N4O. The molecule has 2 rings (SSSR count). The minimum absolute atomic E-state index is 0.150. The van der Waals surface area contributed by atoms with E-state index in [9.17, 15) is 5.11 Å². The molecule has 0 amide bonds. The van der Waals surface area contributed by atoms with Crippen molar-refractivity contribution in [2.24, 2.45) is 0 Å². The van der Waals surface area contributed by atoms with Crippen molar-refractivity contribution in [2.75, 3.05) is 20.1 Å². The minimum Gasteiger partial charge on any atom is -0.505 e. The topological polar surface area (TPSA) is 65.1 Å². The van der Waals surface area contributed by atoms with E-state index in [4.69, 9.17) is 5.26 Å². The van der Waals surface area contributed by atoms with E-state index < -0.39 is 0 Å². The SMILES string of the molecule is CN1CC(CC#N)(n2cc(O)cn2)C1. The van der Waals surface area contributed by atoms with Crippen molar-refractivity contribution in [3.05, 3.63) is 12.4 Å². The molecule has 0 saturated carbocycles. The van der Waals surface area contributed by atoms with Gasteiger partial charge in [0.2, 0.25) is 0 Å². The number of aromatic nitrogens is 2. The summed E-state index contributed by atoms with van der Waals surface area (Å²) in [6, 6.07) is 2.17. The van der Waals surface area contributed by atoms with E-state index >= 15 is 0 Å². The lowest BCUT2D eigenvalue weighted by molar-refractivity contribution is 0.0263. The largest absolute Gasteiger partial charge is 0.505 e. The van der Waals surface area contributed by atoms with E-state index in [2.05, 4.69) is 16.1 Å². The number of nitriles is 1. The van der Waals surface area contributed by atoms with Crippen LogP contribution in [0.4, 0.5) is 0 Å². The van der Waals surface area contributed by atoms with Crippen LogP contribution in [0.25, 0.3) is 0 Å². The lowest BCUT2D eigenvalue weighted by Gasteiger charge is -2.47. The van der Waals surface area contributed by atoms with Gasteiger partial charge in [-0.1, -0.05) is 0 Å². The van der Waals surface area contributed by atoms with Crippen molar-refractivity contribution < 1.29 is 5.11 Å². The summed E-state index contributed by atoms with van der Waals surface area (Å²) < 4.78 is 1.70. The summed E-state index contributed by atoms with van der Waals surface area (Å²) in [4.78, 5) is 2.12. The van der Waals surface area contributed by atoms with E-state index in [-0.39, 0.29) is 11.3 Å². The third-order valence-electron chi connectivity index (χ3n) is 2.59. The summed E-state index contributed by atoms with van der Waals surface area (Å²) in [7, 11) is 2.00. The average Bonchev–Trinajstić information content (AvgIpc) is 2.49. The number of nitrogens with zero attached hydrogens (tertiary/aromatic N) is 4. The van der Waals surface area contributed by atoms with E-state index in [1.165, 1.54) is 6.20 Å². The molecule has 0 radical (unpaired) electrons. The summed E-state index contributed by atoms with van der Waals surface area (Å²) in [5.41, 5.74) is -0.232. The Morgan fingerprint density at radius 3 is 2.86 bits per heavy atom. The van der Waals surface area contributed by atoms with Crippen molar-refractivity contribution in [3.8, 4) is 11.8 Å². The Morgan fingerprint density at radius 2 is 2.43 bits per heavy atom. The number of hydrogen-bond donors (Lipinski definition) is 1. The predicted octanol–water partition coefficient (Wildman–Crippen LogP) is 0.143. The summed E-state index contributed by atoms with van der Waals surface area (Å²) >= 11 is 0. The van der Waals surface area contributed by atoms with Gasteiger partial charge in [0, 0.05) is 13.1 Å². The Bertz CT molecular complexity index is 372. The summed E-state index contributed by atoms with van der Waals surface area (Å²) in [5.74, 6) is 0.150. The molecule has 0 aliphatic carbocycles. The van der Waals surface area contributed by atoms with E-state index in [1.54, 1.807) is 10.9 Å². The van der Waals surface area contributed by atoms with Crippen LogP contribution in [0.15, 0.2) is 12.4 Å².